The Bertz CT molecular complexity index is 953. The van der Waals surface area contributed by atoms with Crippen molar-refractivity contribution >= 4 is 17.5 Å². The van der Waals surface area contributed by atoms with Crippen LogP contribution in [0.4, 0.5) is 0 Å². The van der Waals surface area contributed by atoms with E-state index in [0.29, 0.717) is 36.2 Å². The second-order valence-corrected chi connectivity index (χ2v) is 7.26. The van der Waals surface area contributed by atoms with Crippen LogP contribution in [0.2, 0.25) is 5.02 Å². The minimum atomic E-state index is -0.119. The molecule has 1 saturated heterocycles. The van der Waals surface area contributed by atoms with Gasteiger partial charge in [-0.15, -0.1) is 0 Å². The van der Waals surface area contributed by atoms with E-state index in [2.05, 4.69) is 10.1 Å². The van der Waals surface area contributed by atoms with Crippen molar-refractivity contribution in [2.45, 2.75) is 0 Å². The highest BCUT2D eigenvalue weighted by atomic mass is 35.5. The Kier molecular flexibility index (Phi) is 6.12. The lowest BCUT2D eigenvalue weighted by Gasteiger charge is -2.34. The van der Waals surface area contributed by atoms with Crippen LogP contribution >= 0.6 is 11.6 Å². The summed E-state index contributed by atoms with van der Waals surface area (Å²) in [5, 5.41) is 4.65. The zero-order valence-corrected chi connectivity index (χ0v) is 16.7. The third-order valence-corrected chi connectivity index (χ3v) is 5.26. The van der Waals surface area contributed by atoms with Crippen molar-refractivity contribution in [2.75, 3.05) is 39.3 Å². The second kappa shape index (κ2) is 9.11. The zero-order valence-electron chi connectivity index (χ0n) is 16.0. The SMILES string of the molecule is O=C(c1cc(-c2ccccc2)no1)N1CCN(CCOc2ccccc2Cl)CC1. The van der Waals surface area contributed by atoms with E-state index in [0.717, 1.165) is 25.2 Å². The number of rotatable bonds is 6. The van der Waals surface area contributed by atoms with Gasteiger partial charge in [-0.25, -0.2) is 0 Å². The van der Waals surface area contributed by atoms with Gasteiger partial charge in [0.05, 0.1) is 5.02 Å². The Morgan fingerprint density at radius 1 is 1.03 bits per heavy atom. The van der Waals surface area contributed by atoms with E-state index >= 15 is 0 Å². The first-order chi connectivity index (χ1) is 14.2. The first-order valence-corrected chi connectivity index (χ1v) is 9.99. The van der Waals surface area contributed by atoms with Gasteiger partial charge in [-0.2, -0.15) is 0 Å². The summed E-state index contributed by atoms with van der Waals surface area (Å²) in [4.78, 5) is 16.8. The van der Waals surface area contributed by atoms with Crippen molar-refractivity contribution in [1.29, 1.82) is 0 Å². The Labute approximate surface area is 174 Å². The van der Waals surface area contributed by atoms with Crippen LogP contribution in [0.1, 0.15) is 10.6 Å². The number of carbonyl (C=O) groups excluding carboxylic acids is 1. The van der Waals surface area contributed by atoms with Crippen molar-refractivity contribution in [1.82, 2.24) is 15.0 Å². The molecule has 1 aliphatic heterocycles. The fourth-order valence-corrected chi connectivity index (χ4v) is 3.49. The highest BCUT2D eigenvalue weighted by Gasteiger charge is 2.25. The fourth-order valence-electron chi connectivity index (χ4n) is 3.30. The van der Waals surface area contributed by atoms with Crippen molar-refractivity contribution in [3.63, 3.8) is 0 Å². The number of para-hydroxylation sites is 1. The summed E-state index contributed by atoms with van der Waals surface area (Å²) < 4.78 is 11.0. The van der Waals surface area contributed by atoms with Gasteiger partial charge in [0, 0.05) is 44.4 Å². The normalized spacial score (nSPS) is 14.7. The maximum atomic E-state index is 12.7. The molecule has 0 atom stereocenters. The molecule has 0 saturated carbocycles. The van der Waals surface area contributed by atoms with Crippen molar-refractivity contribution < 1.29 is 14.1 Å². The molecule has 2 heterocycles. The van der Waals surface area contributed by atoms with Crippen LogP contribution in [0.25, 0.3) is 11.3 Å². The molecule has 1 amide bonds. The Hall–Kier alpha value is -2.83. The number of carbonyl (C=O) groups is 1. The minimum Gasteiger partial charge on any atom is -0.491 e. The van der Waals surface area contributed by atoms with Gasteiger partial charge >= 0.3 is 0 Å². The molecule has 6 nitrogen and oxygen atoms in total. The van der Waals surface area contributed by atoms with Crippen LogP contribution in [0.15, 0.2) is 65.2 Å². The highest BCUT2D eigenvalue weighted by molar-refractivity contribution is 6.32. The van der Waals surface area contributed by atoms with Crippen LogP contribution in [-0.2, 0) is 0 Å². The van der Waals surface area contributed by atoms with E-state index in [1.807, 2.05) is 54.6 Å². The van der Waals surface area contributed by atoms with Crippen molar-refractivity contribution in [3.8, 4) is 17.0 Å². The molecule has 0 spiro atoms. The number of piperazine rings is 1. The molecular weight excluding hydrogens is 390 g/mol. The third kappa shape index (κ3) is 4.78. The van der Waals surface area contributed by atoms with Crippen LogP contribution < -0.4 is 4.74 Å². The van der Waals surface area contributed by atoms with E-state index in [1.165, 1.54) is 0 Å². The second-order valence-electron chi connectivity index (χ2n) is 6.86. The number of hydrogen-bond acceptors (Lipinski definition) is 5. The van der Waals surface area contributed by atoms with E-state index < -0.39 is 0 Å². The lowest BCUT2D eigenvalue weighted by atomic mass is 10.1. The van der Waals surface area contributed by atoms with Crippen LogP contribution in [0.5, 0.6) is 5.75 Å². The van der Waals surface area contributed by atoms with Gasteiger partial charge in [0.1, 0.15) is 18.1 Å². The Balaban J connectivity index is 1.26. The number of nitrogens with zero attached hydrogens (tertiary/aromatic N) is 3. The maximum Gasteiger partial charge on any atom is 0.292 e. The number of hydrogen-bond donors (Lipinski definition) is 0. The van der Waals surface area contributed by atoms with E-state index in [9.17, 15) is 4.79 Å². The molecule has 0 radical (unpaired) electrons. The molecule has 0 N–H and O–H groups in total. The Morgan fingerprint density at radius 2 is 1.76 bits per heavy atom. The van der Waals surface area contributed by atoms with Gasteiger partial charge in [-0.3, -0.25) is 9.69 Å². The van der Waals surface area contributed by atoms with Gasteiger partial charge < -0.3 is 14.2 Å². The molecule has 0 aliphatic carbocycles. The lowest BCUT2D eigenvalue weighted by Crippen LogP contribution is -2.49. The highest BCUT2D eigenvalue weighted by Crippen LogP contribution is 2.23. The topological polar surface area (TPSA) is 58.8 Å². The summed E-state index contributed by atoms with van der Waals surface area (Å²) >= 11 is 6.10. The maximum absolute atomic E-state index is 12.7. The fraction of sp³-hybridized carbons (Fsp3) is 0.273. The number of ether oxygens (including phenoxy) is 1. The number of benzene rings is 2. The molecule has 29 heavy (non-hydrogen) atoms. The van der Waals surface area contributed by atoms with Gasteiger partial charge in [0.25, 0.3) is 5.91 Å². The monoisotopic (exact) mass is 411 g/mol. The molecule has 4 rings (SSSR count). The van der Waals surface area contributed by atoms with Crippen LogP contribution in [0, 0.1) is 0 Å². The molecule has 1 fully saturated rings. The van der Waals surface area contributed by atoms with Crippen molar-refractivity contribution in [2.24, 2.45) is 0 Å². The summed E-state index contributed by atoms with van der Waals surface area (Å²) in [6.45, 7) is 4.21. The summed E-state index contributed by atoms with van der Waals surface area (Å²) in [7, 11) is 0. The van der Waals surface area contributed by atoms with Gasteiger partial charge in [0.15, 0.2) is 0 Å². The molecule has 1 aliphatic rings. The molecule has 0 unspecified atom stereocenters. The quantitative estimate of drug-likeness (QED) is 0.617. The van der Waals surface area contributed by atoms with Gasteiger partial charge in [-0.1, -0.05) is 59.2 Å². The molecule has 3 aromatic rings. The molecule has 7 heteroatoms. The average Bonchev–Trinajstić information content (AvgIpc) is 3.26. The summed E-state index contributed by atoms with van der Waals surface area (Å²) in [6.07, 6.45) is 0. The predicted molar refractivity (Wildman–Crippen MR) is 111 cm³/mol. The number of aromatic nitrogens is 1. The molecule has 2 aromatic carbocycles. The average molecular weight is 412 g/mol. The standard InChI is InChI=1S/C22H22ClN3O3/c23-18-8-4-5-9-20(18)28-15-14-25-10-12-26(13-11-25)22(27)21-16-19(24-29-21)17-6-2-1-3-7-17/h1-9,16H,10-15H2. The first kappa shape index (κ1) is 19.5. The smallest absolute Gasteiger partial charge is 0.292 e. The van der Waals surface area contributed by atoms with E-state index in [4.69, 9.17) is 20.9 Å². The number of halogens is 1. The Morgan fingerprint density at radius 3 is 2.52 bits per heavy atom. The van der Waals surface area contributed by atoms with E-state index in [1.54, 1.807) is 11.0 Å². The minimum absolute atomic E-state index is 0.119. The van der Waals surface area contributed by atoms with Crippen molar-refractivity contribution in [3.05, 3.63) is 71.4 Å². The zero-order chi connectivity index (χ0) is 20.1. The molecule has 150 valence electrons. The van der Waals surface area contributed by atoms with E-state index in [-0.39, 0.29) is 11.7 Å². The van der Waals surface area contributed by atoms with Crippen LogP contribution in [0.3, 0.4) is 0 Å². The lowest BCUT2D eigenvalue weighted by molar-refractivity contribution is 0.0581. The predicted octanol–water partition coefficient (Wildman–Crippen LogP) is 3.83. The molecule has 0 bridgehead atoms. The number of amides is 1. The van der Waals surface area contributed by atoms with Gasteiger partial charge in [-0.05, 0) is 12.1 Å². The van der Waals surface area contributed by atoms with Gasteiger partial charge in [0.2, 0.25) is 5.76 Å². The largest absolute Gasteiger partial charge is 0.491 e. The molecular formula is C22H22ClN3O3. The third-order valence-electron chi connectivity index (χ3n) is 4.95. The summed E-state index contributed by atoms with van der Waals surface area (Å²) in [5.41, 5.74) is 1.60. The van der Waals surface area contributed by atoms with Crippen LogP contribution in [-0.4, -0.2) is 60.2 Å². The first-order valence-electron chi connectivity index (χ1n) is 9.62. The molecule has 1 aromatic heterocycles. The summed E-state index contributed by atoms with van der Waals surface area (Å²) in [5.74, 6) is 0.855. The summed E-state index contributed by atoms with van der Waals surface area (Å²) in [6, 6.07) is 18.8.